The van der Waals surface area contributed by atoms with E-state index < -0.39 is 0 Å². The van der Waals surface area contributed by atoms with E-state index in [9.17, 15) is 10.1 Å². The average molecular weight is 429 g/mol. The van der Waals surface area contributed by atoms with Gasteiger partial charge in [0.15, 0.2) is 0 Å². The summed E-state index contributed by atoms with van der Waals surface area (Å²) in [5.41, 5.74) is 4.10. The Hall–Kier alpha value is -4.19. The van der Waals surface area contributed by atoms with Gasteiger partial charge in [0, 0.05) is 44.5 Å². The molecular formula is C23H24N8O. The van der Waals surface area contributed by atoms with Crippen LogP contribution in [0.3, 0.4) is 0 Å². The summed E-state index contributed by atoms with van der Waals surface area (Å²) < 4.78 is 0. The average Bonchev–Trinajstić information content (AvgIpc) is 2.82. The summed E-state index contributed by atoms with van der Waals surface area (Å²) in [4.78, 5) is 28.9. The van der Waals surface area contributed by atoms with E-state index in [4.69, 9.17) is 0 Å². The van der Waals surface area contributed by atoms with Crippen LogP contribution < -0.4 is 20.4 Å². The molecule has 0 unspecified atom stereocenters. The van der Waals surface area contributed by atoms with E-state index in [2.05, 4.69) is 41.5 Å². The molecule has 0 saturated carbocycles. The van der Waals surface area contributed by atoms with Gasteiger partial charge in [0.2, 0.25) is 17.8 Å². The molecule has 1 saturated heterocycles. The SMILES string of the molecule is CC(=O)Nc1cccc(Nc2ncnc(N3CCN(c4ccccc4C#N)CC3)n2)c1C. The number of nitrogens with one attached hydrogen (secondary N) is 2. The van der Waals surface area contributed by atoms with Crippen LogP contribution in [-0.4, -0.2) is 47.0 Å². The fraction of sp³-hybridized carbons (Fsp3) is 0.261. The standard InChI is InChI=1S/C23H24N8O/c1-16-19(27-17(2)32)7-5-8-20(16)28-22-25-15-26-23(29-22)31-12-10-30(11-13-31)21-9-4-3-6-18(21)14-24/h3-9,15H,10-13H2,1-2H3,(H,27,32)(H,25,26,28,29). The molecule has 1 amide bonds. The zero-order chi connectivity index (χ0) is 22.5. The summed E-state index contributed by atoms with van der Waals surface area (Å²) >= 11 is 0. The van der Waals surface area contributed by atoms with Gasteiger partial charge in [-0.1, -0.05) is 18.2 Å². The molecule has 4 rings (SSSR count). The summed E-state index contributed by atoms with van der Waals surface area (Å²) in [5, 5.41) is 15.4. The topological polar surface area (TPSA) is 110 Å². The molecule has 1 fully saturated rings. The minimum atomic E-state index is -0.121. The number of hydrogen-bond acceptors (Lipinski definition) is 8. The molecule has 1 aliphatic rings. The largest absolute Gasteiger partial charge is 0.367 e. The summed E-state index contributed by atoms with van der Waals surface area (Å²) in [6, 6.07) is 15.6. The van der Waals surface area contributed by atoms with Crippen LogP contribution in [0.15, 0.2) is 48.8 Å². The molecule has 9 heteroatoms. The number of nitrogens with zero attached hydrogens (tertiary/aromatic N) is 6. The zero-order valence-corrected chi connectivity index (χ0v) is 18.0. The second kappa shape index (κ2) is 9.31. The van der Waals surface area contributed by atoms with Crippen LogP contribution in [0.25, 0.3) is 0 Å². The van der Waals surface area contributed by atoms with E-state index in [1.807, 2.05) is 49.4 Å². The lowest BCUT2D eigenvalue weighted by Crippen LogP contribution is -2.47. The molecule has 162 valence electrons. The second-order valence-corrected chi connectivity index (χ2v) is 7.50. The Morgan fingerprint density at radius 1 is 1.00 bits per heavy atom. The number of benzene rings is 2. The van der Waals surface area contributed by atoms with E-state index in [-0.39, 0.29) is 5.91 Å². The van der Waals surface area contributed by atoms with Crippen LogP contribution >= 0.6 is 0 Å². The van der Waals surface area contributed by atoms with E-state index in [0.29, 0.717) is 17.5 Å². The first-order valence-electron chi connectivity index (χ1n) is 10.4. The number of piperazine rings is 1. The van der Waals surface area contributed by atoms with Gasteiger partial charge >= 0.3 is 0 Å². The van der Waals surface area contributed by atoms with Gasteiger partial charge in [-0.25, -0.2) is 9.97 Å². The molecule has 1 aromatic heterocycles. The van der Waals surface area contributed by atoms with Crippen molar-refractivity contribution in [1.29, 1.82) is 5.26 Å². The Morgan fingerprint density at radius 2 is 1.72 bits per heavy atom. The van der Waals surface area contributed by atoms with Crippen LogP contribution in [-0.2, 0) is 4.79 Å². The lowest BCUT2D eigenvalue weighted by Gasteiger charge is -2.36. The van der Waals surface area contributed by atoms with Crippen molar-refractivity contribution in [3.8, 4) is 6.07 Å². The summed E-state index contributed by atoms with van der Waals surface area (Å²) in [6.07, 6.45) is 1.50. The number of amides is 1. The van der Waals surface area contributed by atoms with Crippen molar-refractivity contribution in [2.45, 2.75) is 13.8 Å². The van der Waals surface area contributed by atoms with Crippen molar-refractivity contribution in [3.63, 3.8) is 0 Å². The fourth-order valence-electron chi connectivity index (χ4n) is 3.71. The molecule has 0 spiro atoms. The molecule has 0 atom stereocenters. The number of aromatic nitrogens is 3. The Balaban J connectivity index is 1.46. The van der Waals surface area contributed by atoms with Crippen molar-refractivity contribution in [2.24, 2.45) is 0 Å². The molecule has 2 N–H and O–H groups in total. The maximum Gasteiger partial charge on any atom is 0.232 e. The molecule has 2 aromatic carbocycles. The van der Waals surface area contributed by atoms with Crippen LogP contribution in [0.2, 0.25) is 0 Å². The smallest absolute Gasteiger partial charge is 0.232 e. The van der Waals surface area contributed by atoms with Crippen molar-refractivity contribution < 1.29 is 4.79 Å². The number of carbonyl (C=O) groups excluding carboxylic acids is 1. The summed E-state index contributed by atoms with van der Waals surface area (Å²) in [5.74, 6) is 0.922. The number of para-hydroxylation sites is 1. The van der Waals surface area contributed by atoms with Gasteiger partial charge in [-0.05, 0) is 36.8 Å². The molecule has 0 aliphatic carbocycles. The lowest BCUT2D eigenvalue weighted by molar-refractivity contribution is -0.114. The third kappa shape index (κ3) is 4.59. The number of nitriles is 1. The highest BCUT2D eigenvalue weighted by Crippen LogP contribution is 2.26. The number of hydrogen-bond donors (Lipinski definition) is 2. The molecule has 0 radical (unpaired) electrons. The Kier molecular flexibility index (Phi) is 6.12. The first-order valence-corrected chi connectivity index (χ1v) is 10.4. The zero-order valence-electron chi connectivity index (χ0n) is 18.0. The molecule has 0 bridgehead atoms. The van der Waals surface area contributed by atoms with Gasteiger partial charge in [-0.2, -0.15) is 10.2 Å². The van der Waals surface area contributed by atoms with Gasteiger partial charge in [0.05, 0.1) is 11.3 Å². The normalized spacial score (nSPS) is 13.4. The van der Waals surface area contributed by atoms with E-state index >= 15 is 0 Å². The minimum absolute atomic E-state index is 0.121. The third-order valence-corrected chi connectivity index (χ3v) is 5.38. The van der Waals surface area contributed by atoms with Gasteiger partial charge in [0.25, 0.3) is 0 Å². The third-order valence-electron chi connectivity index (χ3n) is 5.38. The van der Waals surface area contributed by atoms with Crippen LogP contribution in [0, 0.1) is 18.3 Å². The predicted octanol–water partition coefficient (Wildman–Crippen LogP) is 3.08. The summed E-state index contributed by atoms with van der Waals surface area (Å²) in [6.45, 7) is 6.42. The minimum Gasteiger partial charge on any atom is -0.367 e. The van der Waals surface area contributed by atoms with E-state index in [0.717, 1.165) is 48.8 Å². The first-order chi connectivity index (χ1) is 15.5. The Morgan fingerprint density at radius 3 is 2.47 bits per heavy atom. The quantitative estimate of drug-likeness (QED) is 0.638. The van der Waals surface area contributed by atoms with Gasteiger partial charge in [0.1, 0.15) is 12.4 Å². The highest BCUT2D eigenvalue weighted by molar-refractivity contribution is 5.90. The van der Waals surface area contributed by atoms with E-state index in [1.54, 1.807) is 0 Å². The van der Waals surface area contributed by atoms with Crippen molar-refractivity contribution in [1.82, 2.24) is 15.0 Å². The van der Waals surface area contributed by atoms with Crippen LogP contribution in [0.5, 0.6) is 0 Å². The van der Waals surface area contributed by atoms with Crippen molar-refractivity contribution in [2.75, 3.05) is 46.6 Å². The molecule has 32 heavy (non-hydrogen) atoms. The number of carbonyl (C=O) groups is 1. The molecule has 2 heterocycles. The van der Waals surface area contributed by atoms with Crippen LogP contribution in [0.4, 0.5) is 29.0 Å². The molecule has 3 aromatic rings. The molecule has 9 nitrogen and oxygen atoms in total. The fourth-order valence-corrected chi connectivity index (χ4v) is 3.71. The number of rotatable bonds is 5. The molecular weight excluding hydrogens is 404 g/mol. The van der Waals surface area contributed by atoms with Gasteiger partial charge in [-0.3, -0.25) is 4.79 Å². The second-order valence-electron chi connectivity index (χ2n) is 7.50. The Labute approximate surface area is 186 Å². The van der Waals surface area contributed by atoms with Crippen molar-refractivity contribution >= 4 is 34.9 Å². The highest BCUT2D eigenvalue weighted by Gasteiger charge is 2.21. The highest BCUT2D eigenvalue weighted by atomic mass is 16.1. The molecule has 1 aliphatic heterocycles. The van der Waals surface area contributed by atoms with Crippen molar-refractivity contribution in [3.05, 3.63) is 59.9 Å². The van der Waals surface area contributed by atoms with Gasteiger partial charge < -0.3 is 20.4 Å². The Bertz CT molecular complexity index is 1160. The maximum absolute atomic E-state index is 11.4. The van der Waals surface area contributed by atoms with E-state index in [1.165, 1.54) is 13.3 Å². The summed E-state index contributed by atoms with van der Waals surface area (Å²) in [7, 11) is 0. The maximum atomic E-state index is 11.4. The van der Waals surface area contributed by atoms with Crippen LogP contribution in [0.1, 0.15) is 18.1 Å². The predicted molar refractivity (Wildman–Crippen MR) is 124 cm³/mol. The van der Waals surface area contributed by atoms with Gasteiger partial charge in [-0.15, -0.1) is 0 Å². The number of anilines is 5. The lowest BCUT2D eigenvalue weighted by atomic mass is 10.1. The first kappa shape index (κ1) is 21.1. The monoisotopic (exact) mass is 428 g/mol.